The zero-order chi connectivity index (χ0) is 14.0. The molecule has 0 atom stereocenters. The number of aliphatic imine (C=N–C) groups is 1. The van der Waals surface area contributed by atoms with Crippen LogP contribution in [-0.4, -0.2) is 22.4 Å². The van der Waals surface area contributed by atoms with Crippen LogP contribution in [0.2, 0.25) is 0 Å². The lowest BCUT2D eigenvalue weighted by Crippen LogP contribution is -2.06. The van der Waals surface area contributed by atoms with E-state index in [1.807, 2.05) is 0 Å². The number of carbonyl (C=O) groups excluding carboxylic acids is 2. The largest absolute Gasteiger partial charge is 0.511 e. The second-order valence-corrected chi connectivity index (χ2v) is 4.54. The summed E-state index contributed by atoms with van der Waals surface area (Å²) < 4.78 is 0. The number of hydrogen-bond acceptors (Lipinski definition) is 4. The van der Waals surface area contributed by atoms with Gasteiger partial charge in [0.25, 0.3) is 0 Å². The van der Waals surface area contributed by atoms with Crippen molar-refractivity contribution in [2.45, 2.75) is 26.7 Å². The third kappa shape index (κ3) is 2.78. The third-order valence-corrected chi connectivity index (χ3v) is 3.07. The lowest BCUT2D eigenvalue weighted by atomic mass is 10.1. The van der Waals surface area contributed by atoms with Crippen molar-refractivity contribution in [1.29, 1.82) is 0 Å². The highest BCUT2D eigenvalue weighted by Gasteiger charge is 2.24. The molecule has 98 valence electrons. The van der Waals surface area contributed by atoms with Crippen molar-refractivity contribution in [3.8, 4) is 0 Å². The van der Waals surface area contributed by atoms with E-state index < -0.39 is 0 Å². The molecule has 4 nitrogen and oxygen atoms in total. The highest BCUT2D eigenvalue weighted by molar-refractivity contribution is 6.24. The summed E-state index contributed by atoms with van der Waals surface area (Å²) in [6.07, 6.45) is 1.02. The van der Waals surface area contributed by atoms with Gasteiger partial charge in [-0.1, -0.05) is 0 Å². The van der Waals surface area contributed by atoms with E-state index in [1.165, 1.54) is 13.8 Å². The van der Waals surface area contributed by atoms with E-state index in [0.717, 1.165) is 0 Å². The first-order valence-corrected chi connectivity index (χ1v) is 6.11. The van der Waals surface area contributed by atoms with Crippen molar-refractivity contribution in [1.82, 2.24) is 0 Å². The number of allylic oxidation sites excluding steroid dienone is 2. The number of aliphatic hydroxyl groups is 1. The number of nitrogens with zero attached hydrogens (tertiary/aromatic N) is 1. The number of carbonyl (C=O) groups is 2. The zero-order valence-electron chi connectivity index (χ0n) is 10.9. The maximum absolute atomic E-state index is 11.5. The Labute approximate surface area is 111 Å². The molecule has 1 aromatic rings. The number of hydrogen-bond donors (Lipinski definition) is 1. The number of rotatable bonds is 3. The summed E-state index contributed by atoms with van der Waals surface area (Å²) in [4.78, 5) is 27.0. The zero-order valence-corrected chi connectivity index (χ0v) is 10.9. The Morgan fingerprint density at radius 3 is 2.21 bits per heavy atom. The molecule has 2 rings (SSSR count). The standard InChI is InChI=1S/C15H15NO3/c1-9(17)11-3-5-12(6-4-11)16-13-7-8-14(19)15(13)10(2)18/h3-6,19H,7-8H2,1-2H3. The fourth-order valence-electron chi connectivity index (χ4n) is 2.10. The summed E-state index contributed by atoms with van der Waals surface area (Å²) in [6.45, 7) is 2.93. The second-order valence-electron chi connectivity index (χ2n) is 4.54. The molecule has 0 saturated heterocycles. The van der Waals surface area contributed by atoms with Gasteiger partial charge in [-0.15, -0.1) is 0 Å². The Morgan fingerprint density at radius 1 is 1.05 bits per heavy atom. The summed E-state index contributed by atoms with van der Waals surface area (Å²) in [5.41, 5.74) is 2.24. The van der Waals surface area contributed by atoms with Crippen LogP contribution in [0.15, 0.2) is 40.6 Å². The topological polar surface area (TPSA) is 66.7 Å². The number of Topliss-reactive ketones (excluding diaryl/α,β-unsaturated/α-hetero) is 2. The quantitative estimate of drug-likeness (QED) is 0.846. The highest BCUT2D eigenvalue weighted by Crippen LogP contribution is 2.25. The third-order valence-electron chi connectivity index (χ3n) is 3.07. The Bertz CT molecular complexity index is 594. The van der Waals surface area contributed by atoms with Gasteiger partial charge in [0.15, 0.2) is 11.6 Å². The van der Waals surface area contributed by atoms with E-state index in [-0.39, 0.29) is 17.3 Å². The number of ketones is 2. The van der Waals surface area contributed by atoms with Gasteiger partial charge in [0.05, 0.1) is 17.0 Å². The predicted molar refractivity (Wildman–Crippen MR) is 73.1 cm³/mol. The minimum Gasteiger partial charge on any atom is -0.511 e. The molecule has 1 aromatic carbocycles. The first kappa shape index (κ1) is 13.2. The van der Waals surface area contributed by atoms with Crippen molar-refractivity contribution in [2.75, 3.05) is 0 Å². The molecule has 1 N–H and O–H groups in total. The summed E-state index contributed by atoms with van der Waals surface area (Å²) >= 11 is 0. The second kappa shape index (κ2) is 5.18. The van der Waals surface area contributed by atoms with Crippen LogP contribution >= 0.6 is 0 Å². The van der Waals surface area contributed by atoms with E-state index in [1.54, 1.807) is 24.3 Å². The average Bonchev–Trinajstić information content (AvgIpc) is 2.71. The molecule has 0 fully saturated rings. The molecule has 0 heterocycles. The minimum atomic E-state index is -0.172. The molecule has 0 radical (unpaired) electrons. The van der Waals surface area contributed by atoms with Crippen molar-refractivity contribution in [3.63, 3.8) is 0 Å². The molecule has 0 saturated carbocycles. The van der Waals surface area contributed by atoms with E-state index in [2.05, 4.69) is 4.99 Å². The van der Waals surface area contributed by atoms with Gasteiger partial charge < -0.3 is 5.11 Å². The first-order chi connectivity index (χ1) is 8.99. The maximum Gasteiger partial charge on any atom is 0.165 e. The normalized spacial score (nSPS) is 17.1. The maximum atomic E-state index is 11.5. The van der Waals surface area contributed by atoms with Crippen LogP contribution in [0.5, 0.6) is 0 Å². The van der Waals surface area contributed by atoms with Gasteiger partial charge in [-0.2, -0.15) is 0 Å². The molecule has 0 aromatic heterocycles. The van der Waals surface area contributed by atoms with E-state index >= 15 is 0 Å². The molecule has 1 aliphatic rings. The summed E-state index contributed by atoms with van der Waals surface area (Å²) in [7, 11) is 0. The van der Waals surface area contributed by atoms with Crippen LogP contribution in [0.4, 0.5) is 5.69 Å². The van der Waals surface area contributed by atoms with Crippen LogP contribution in [0.1, 0.15) is 37.0 Å². The number of aliphatic hydroxyl groups excluding tert-OH is 1. The molecule has 1 aliphatic carbocycles. The van der Waals surface area contributed by atoms with Gasteiger partial charge >= 0.3 is 0 Å². The van der Waals surface area contributed by atoms with Crippen molar-refractivity contribution in [2.24, 2.45) is 4.99 Å². The number of benzene rings is 1. The monoisotopic (exact) mass is 257 g/mol. The van der Waals surface area contributed by atoms with Crippen molar-refractivity contribution >= 4 is 23.0 Å². The molecule has 0 unspecified atom stereocenters. The summed E-state index contributed by atoms with van der Waals surface area (Å²) in [6, 6.07) is 6.87. The minimum absolute atomic E-state index is 0.00188. The van der Waals surface area contributed by atoms with Gasteiger partial charge in [0, 0.05) is 12.0 Å². The molecule has 4 heteroatoms. The molecule has 19 heavy (non-hydrogen) atoms. The fourth-order valence-corrected chi connectivity index (χ4v) is 2.10. The van der Waals surface area contributed by atoms with Crippen LogP contribution < -0.4 is 0 Å². The average molecular weight is 257 g/mol. The SMILES string of the molecule is CC(=O)C1=C(O)CCC1=Nc1ccc(C(C)=O)cc1. The molecular formula is C15H15NO3. The Morgan fingerprint density at radius 2 is 1.68 bits per heavy atom. The van der Waals surface area contributed by atoms with Crippen LogP contribution in [0.3, 0.4) is 0 Å². The lowest BCUT2D eigenvalue weighted by Gasteiger charge is -2.02. The molecule has 0 bridgehead atoms. The molecular weight excluding hydrogens is 242 g/mol. The van der Waals surface area contributed by atoms with Gasteiger partial charge in [-0.3, -0.25) is 14.6 Å². The molecule has 0 amide bonds. The van der Waals surface area contributed by atoms with Crippen LogP contribution in [0.25, 0.3) is 0 Å². The fraction of sp³-hybridized carbons (Fsp3) is 0.267. The van der Waals surface area contributed by atoms with Crippen molar-refractivity contribution < 1.29 is 14.7 Å². The van der Waals surface area contributed by atoms with Gasteiger partial charge in [-0.05, 0) is 44.5 Å². The molecule has 0 spiro atoms. The molecule has 0 aliphatic heterocycles. The van der Waals surface area contributed by atoms with Gasteiger partial charge in [0.1, 0.15) is 5.76 Å². The lowest BCUT2D eigenvalue weighted by molar-refractivity contribution is -0.113. The highest BCUT2D eigenvalue weighted by atomic mass is 16.3. The Balaban J connectivity index is 2.32. The summed E-state index contributed by atoms with van der Waals surface area (Å²) in [5, 5.41) is 9.66. The Kier molecular flexibility index (Phi) is 3.60. The van der Waals surface area contributed by atoms with E-state index in [0.29, 0.717) is 35.4 Å². The van der Waals surface area contributed by atoms with Gasteiger partial charge in [0.2, 0.25) is 0 Å². The first-order valence-electron chi connectivity index (χ1n) is 6.11. The van der Waals surface area contributed by atoms with Crippen LogP contribution in [0, 0.1) is 0 Å². The predicted octanol–water partition coefficient (Wildman–Crippen LogP) is 3.16. The summed E-state index contributed by atoms with van der Waals surface area (Å²) in [5.74, 6) is -0.0530. The smallest absolute Gasteiger partial charge is 0.165 e. The van der Waals surface area contributed by atoms with E-state index in [9.17, 15) is 14.7 Å². The van der Waals surface area contributed by atoms with Crippen LogP contribution in [-0.2, 0) is 4.79 Å². The van der Waals surface area contributed by atoms with Gasteiger partial charge in [-0.25, -0.2) is 0 Å². The van der Waals surface area contributed by atoms with E-state index in [4.69, 9.17) is 0 Å². The van der Waals surface area contributed by atoms with Crippen molar-refractivity contribution in [3.05, 3.63) is 41.2 Å². The Hall–Kier alpha value is -2.23.